The van der Waals surface area contributed by atoms with Gasteiger partial charge in [0.2, 0.25) is 0 Å². The number of carbonyl (C=O) groups excluding carboxylic acids is 3. The number of hydrogen-bond donors (Lipinski definition) is 0. The Morgan fingerprint density at radius 1 is 1.00 bits per heavy atom. The van der Waals surface area contributed by atoms with Gasteiger partial charge in [0, 0.05) is 39.8 Å². The molecule has 0 saturated carbocycles. The van der Waals surface area contributed by atoms with Crippen molar-refractivity contribution in [3.8, 4) is 6.07 Å². The summed E-state index contributed by atoms with van der Waals surface area (Å²) in [5, 5.41) is 9.99. The zero-order valence-electron chi connectivity index (χ0n) is 18.8. The van der Waals surface area contributed by atoms with Gasteiger partial charge in [0.25, 0.3) is 11.1 Å². The minimum absolute atomic E-state index is 0.269. The number of rotatable bonds is 6. The summed E-state index contributed by atoms with van der Waals surface area (Å²) in [6.07, 6.45) is 3.64. The van der Waals surface area contributed by atoms with Crippen molar-refractivity contribution in [2.45, 2.75) is 6.54 Å². The number of benzene rings is 3. The molecule has 2 heterocycles. The quantitative estimate of drug-likeness (QED) is 0.229. The van der Waals surface area contributed by atoms with E-state index in [0.29, 0.717) is 22.7 Å². The Labute approximate surface area is 216 Å². The van der Waals surface area contributed by atoms with E-state index in [1.165, 1.54) is 0 Å². The number of imide groups is 1. The Kier molecular flexibility index (Phi) is 6.47. The molecule has 0 bridgehead atoms. The number of ketones is 1. The summed E-state index contributed by atoms with van der Waals surface area (Å²) in [4.78, 5) is 39.5. The van der Waals surface area contributed by atoms with Gasteiger partial charge in [0.15, 0.2) is 5.78 Å². The molecule has 2 amide bonds. The van der Waals surface area contributed by atoms with Gasteiger partial charge in [-0.2, -0.15) is 5.26 Å². The Balaban J connectivity index is 1.41. The van der Waals surface area contributed by atoms with Crippen molar-refractivity contribution in [3.05, 3.63) is 111 Å². The van der Waals surface area contributed by atoms with Crippen molar-refractivity contribution >= 4 is 57.3 Å². The van der Waals surface area contributed by atoms with Crippen LogP contribution in [0.25, 0.3) is 17.0 Å². The first kappa shape index (κ1) is 23.6. The van der Waals surface area contributed by atoms with Gasteiger partial charge in [-0.25, -0.2) is 0 Å². The number of carbonyl (C=O) groups is 3. The van der Waals surface area contributed by atoms with Crippen molar-refractivity contribution in [3.63, 3.8) is 0 Å². The van der Waals surface area contributed by atoms with E-state index in [9.17, 15) is 14.4 Å². The lowest BCUT2D eigenvalue weighted by Gasteiger charge is -2.11. The molecule has 5 rings (SSSR count). The van der Waals surface area contributed by atoms with Crippen LogP contribution in [-0.4, -0.2) is 32.9 Å². The number of nitrogens with zero attached hydrogens (tertiary/aromatic N) is 3. The lowest BCUT2D eigenvalue weighted by Crippen LogP contribution is -2.33. The van der Waals surface area contributed by atoms with E-state index in [1.807, 2.05) is 42.6 Å². The Bertz CT molecular complexity index is 1580. The number of halogens is 1. The molecule has 0 spiro atoms. The summed E-state index contributed by atoms with van der Waals surface area (Å²) in [5.41, 5.74) is 3.79. The molecule has 1 aromatic heterocycles. The van der Waals surface area contributed by atoms with Crippen molar-refractivity contribution in [1.82, 2.24) is 9.47 Å². The molecule has 6 nitrogen and oxygen atoms in total. The average Bonchev–Trinajstić information content (AvgIpc) is 3.36. The van der Waals surface area contributed by atoms with Crippen LogP contribution in [0.2, 0.25) is 5.02 Å². The van der Waals surface area contributed by atoms with Crippen LogP contribution in [0.3, 0.4) is 0 Å². The number of fused-ring (bicyclic) bond motifs is 1. The molecular weight excluding hydrogens is 494 g/mol. The van der Waals surface area contributed by atoms with Crippen LogP contribution in [0.15, 0.2) is 83.9 Å². The summed E-state index contributed by atoms with van der Waals surface area (Å²) in [7, 11) is 0. The maximum atomic E-state index is 13.0. The van der Waals surface area contributed by atoms with Gasteiger partial charge >= 0.3 is 0 Å². The van der Waals surface area contributed by atoms with E-state index in [-0.39, 0.29) is 17.2 Å². The topological polar surface area (TPSA) is 83.2 Å². The van der Waals surface area contributed by atoms with Gasteiger partial charge in [-0.3, -0.25) is 19.3 Å². The van der Waals surface area contributed by atoms with E-state index < -0.39 is 11.1 Å². The Morgan fingerprint density at radius 2 is 1.72 bits per heavy atom. The summed E-state index contributed by atoms with van der Waals surface area (Å²) >= 11 is 6.70. The maximum Gasteiger partial charge on any atom is 0.293 e. The standard InChI is InChI=1S/C28H18ClN3O3S/c29-22-11-9-20(10-12-22)25(33)17-32-27(34)26(36-28(32)35)13-21-16-31(24-4-2-1-3-23(21)24)15-19-7-5-18(14-30)6-8-19/h1-13,16H,15,17H2/b26-13-. The molecule has 176 valence electrons. The zero-order chi connectivity index (χ0) is 25.2. The second kappa shape index (κ2) is 9.86. The molecular formula is C28H18ClN3O3S. The third kappa shape index (κ3) is 4.69. The van der Waals surface area contributed by atoms with Crippen LogP contribution in [0.1, 0.15) is 27.0 Å². The van der Waals surface area contributed by atoms with E-state index in [4.69, 9.17) is 16.9 Å². The molecule has 1 aliphatic rings. The van der Waals surface area contributed by atoms with Gasteiger partial charge in [-0.05, 0) is 65.9 Å². The summed E-state index contributed by atoms with van der Waals surface area (Å²) in [6.45, 7) is 0.251. The third-order valence-corrected chi connectivity index (χ3v) is 7.04. The molecule has 0 unspecified atom stereocenters. The summed E-state index contributed by atoms with van der Waals surface area (Å²) < 4.78 is 2.07. The highest BCUT2D eigenvalue weighted by Crippen LogP contribution is 2.34. The average molecular weight is 512 g/mol. The van der Waals surface area contributed by atoms with Crippen LogP contribution >= 0.6 is 23.4 Å². The first-order chi connectivity index (χ1) is 17.4. The first-order valence-corrected chi connectivity index (χ1v) is 12.2. The number of aromatic nitrogens is 1. The van der Waals surface area contributed by atoms with Crippen LogP contribution in [0, 0.1) is 11.3 Å². The van der Waals surface area contributed by atoms with E-state index >= 15 is 0 Å². The van der Waals surface area contributed by atoms with Gasteiger partial charge in [-0.1, -0.05) is 41.9 Å². The van der Waals surface area contributed by atoms with Crippen LogP contribution in [-0.2, 0) is 11.3 Å². The smallest absolute Gasteiger partial charge is 0.293 e. The van der Waals surface area contributed by atoms with Crippen LogP contribution < -0.4 is 0 Å². The molecule has 1 aliphatic heterocycles. The lowest BCUT2D eigenvalue weighted by atomic mass is 10.1. The van der Waals surface area contributed by atoms with Gasteiger partial charge < -0.3 is 4.57 Å². The predicted octanol–water partition coefficient (Wildman–Crippen LogP) is 6.13. The number of Topliss-reactive ketones (excluding diaryl/α,β-unsaturated/α-hetero) is 1. The van der Waals surface area contributed by atoms with Crippen molar-refractivity contribution in [1.29, 1.82) is 5.26 Å². The largest absolute Gasteiger partial charge is 0.342 e. The highest BCUT2D eigenvalue weighted by atomic mass is 35.5. The van der Waals surface area contributed by atoms with Gasteiger partial charge in [-0.15, -0.1) is 0 Å². The van der Waals surface area contributed by atoms with E-state index in [1.54, 1.807) is 42.5 Å². The molecule has 0 atom stereocenters. The number of amides is 2. The summed E-state index contributed by atoms with van der Waals surface area (Å²) in [6, 6.07) is 23.7. The lowest BCUT2D eigenvalue weighted by molar-refractivity contribution is -0.122. The SMILES string of the molecule is N#Cc1ccc(Cn2cc(/C=C3\SC(=O)N(CC(=O)c4ccc(Cl)cc4)C3=O)c3ccccc32)cc1. The molecule has 36 heavy (non-hydrogen) atoms. The second-order valence-corrected chi connectivity index (χ2v) is 9.67. The fourth-order valence-electron chi connectivity index (χ4n) is 4.05. The van der Waals surface area contributed by atoms with Crippen molar-refractivity contribution in [2.75, 3.05) is 6.54 Å². The maximum absolute atomic E-state index is 13.0. The molecule has 1 fully saturated rings. The highest BCUT2D eigenvalue weighted by molar-refractivity contribution is 8.18. The van der Waals surface area contributed by atoms with Crippen LogP contribution in [0.4, 0.5) is 4.79 Å². The molecule has 4 aromatic rings. The minimum atomic E-state index is -0.490. The minimum Gasteiger partial charge on any atom is -0.342 e. The summed E-state index contributed by atoms with van der Waals surface area (Å²) in [5.74, 6) is -0.828. The van der Waals surface area contributed by atoms with Crippen LogP contribution in [0.5, 0.6) is 0 Å². The molecule has 8 heteroatoms. The molecule has 1 saturated heterocycles. The Hall–Kier alpha value is -4.12. The van der Waals surface area contributed by atoms with Crippen molar-refractivity contribution < 1.29 is 14.4 Å². The molecule has 3 aromatic carbocycles. The predicted molar refractivity (Wildman–Crippen MR) is 141 cm³/mol. The molecule has 0 N–H and O–H groups in total. The van der Waals surface area contributed by atoms with Crippen molar-refractivity contribution in [2.24, 2.45) is 0 Å². The molecule has 0 radical (unpaired) electrons. The second-order valence-electron chi connectivity index (χ2n) is 8.24. The van der Waals surface area contributed by atoms with E-state index in [2.05, 4.69) is 10.6 Å². The zero-order valence-corrected chi connectivity index (χ0v) is 20.4. The third-order valence-electron chi connectivity index (χ3n) is 5.88. The Morgan fingerprint density at radius 3 is 2.44 bits per heavy atom. The van der Waals surface area contributed by atoms with Gasteiger partial charge in [0.05, 0.1) is 23.1 Å². The monoisotopic (exact) mass is 511 g/mol. The van der Waals surface area contributed by atoms with E-state index in [0.717, 1.165) is 38.7 Å². The normalized spacial score (nSPS) is 14.6. The first-order valence-electron chi connectivity index (χ1n) is 11.0. The number of thioether (sulfide) groups is 1. The highest BCUT2D eigenvalue weighted by Gasteiger charge is 2.36. The fourth-order valence-corrected chi connectivity index (χ4v) is 5.01. The number of para-hydroxylation sites is 1. The number of nitriles is 1. The number of hydrogen-bond acceptors (Lipinski definition) is 5. The molecule has 0 aliphatic carbocycles. The fraction of sp³-hybridized carbons (Fsp3) is 0.0714. The van der Waals surface area contributed by atoms with Gasteiger partial charge in [0.1, 0.15) is 0 Å².